The number of para-hydroxylation sites is 1. The number of aliphatic hydroxyl groups excluding tert-OH is 1. The maximum atomic E-state index is 9.95. The summed E-state index contributed by atoms with van der Waals surface area (Å²) in [4.78, 5) is 0. The molecule has 1 atom stereocenters. The number of fused-ring (bicyclic) bond motifs is 1. The Kier molecular flexibility index (Phi) is 3.49. The molecule has 0 saturated carbocycles. The zero-order valence-corrected chi connectivity index (χ0v) is 10.1. The molecule has 16 heavy (non-hydrogen) atoms. The largest absolute Gasteiger partial charge is 0.493 e. The summed E-state index contributed by atoms with van der Waals surface area (Å²) >= 11 is 0. The Morgan fingerprint density at radius 3 is 2.94 bits per heavy atom. The molecule has 2 rings (SSSR count). The van der Waals surface area contributed by atoms with Crippen LogP contribution in [0.15, 0.2) is 18.2 Å². The van der Waals surface area contributed by atoms with Crippen molar-refractivity contribution >= 4 is 0 Å². The van der Waals surface area contributed by atoms with Gasteiger partial charge in [0, 0.05) is 12.8 Å². The van der Waals surface area contributed by atoms with E-state index in [0.29, 0.717) is 12.3 Å². The van der Waals surface area contributed by atoms with Gasteiger partial charge in [0.05, 0.1) is 12.7 Å². The molecule has 0 aromatic heterocycles. The molecule has 0 aliphatic carbocycles. The van der Waals surface area contributed by atoms with E-state index in [9.17, 15) is 5.11 Å². The molecule has 1 aliphatic rings. The first kappa shape index (κ1) is 11.5. The molecule has 88 valence electrons. The van der Waals surface area contributed by atoms with Crippen molar-refractivity contribution in [2.45, 2.75) is 39.2 Å². The highest BCUT2D eigenvalue weighted by atomic mass is 16.5. The van der Waals surface area contributed by atoms with Crippen LogP contribution in [-0.4, -0.2) is 17.8 Å². The molecular formula is C14H20O2. The molecule has 0 bridgehead atoms. The fourth-order valence-corrected chi connectivity index (χ4v) is 2.33. The van der Waals surface area contributed by atoms with Gasteiger partial charge in [-0.3, -0.25) is 0 Å². The lowest BCUT2D eigenvalue weighted by Gasteiger charge is -2.14. The highest BCUT2D eigenvalue weighted by Crippen LogP contribution is 2.30. The predicted molar refractivity (Wildman–Crippen MR) is 64.8 cm³/mol. The molecule has 1 aromatic carbocycles. The van der Waals surface area contributed by atoms with Crippen LogP contribution in [-0.2, 0) is 12.8 Å². The maximum Gasteiger partial charge on any atom is 0.125 e. The van der Waals surface area contributed by atoms with Crippen LogP contribution < -0.4 is 4.74 Å². The molecule has 1 N–H and O–H groups in total. The monoisotopic (exact) mass is 220 g/mol. The van der Waals surface area contributed by atoms with Crippen LogP contribution in [0.2, 0.25) is 0 Å². The molecule has 0 radical (unpaired) electrons. The summed E-state index contributed by atoms with van der Waals surface area (Å²) in [5.74, 6) is 1.55. The predicted octanol–water partition coefficient (Wildman–Crippen LogP) is 2.57. The third-order valence-electron chi connectivity index (χ3n) is 2.99. The highest BCUT2D eigenvalue weighted by Gasteiger charge is 2.18. The van der Waals surface area contributed by atoms with E-state index < -0.39 is 0 Å². The molecular weight excluding hydrogens is 200 g/mol. The summed E-state index contributed by atoms with van der Waals surface area (Å²) < 4.78 is 5.62. The van der Waals surface area contributed by atoms with Gasteiger partial charge in [0.2, 0.25) is 0 Å². The van der Waals surface area contributed by atoms with Crippen LogP contribution in [0.25, 0.3) is 0 Å². The van der Waals surface area contributed by atoms with Crippen LogP contribution in [0.4, 0.5) is 0 Å². The van der Waals surface area contributed by atoms with E-state index in [2.05, 4.69) is 32.0 Å². The summed E-state index contributed by atoms with van der Waals surface area (Å²) in [7, 11) is 0. The van der Waals surface area contributed by atoms with Crippen molar-refractivity contribution in [2.24, 2.45) is 5.92 Å². The Morgan fingerprint density at radius 1 is 1.38 bits per heavy atom. The minimum Gasteiger partial charge on any atom is -0.493 e. The van der Waals surface area contributed by atoms with Crippen molar-refractivity contribution in [3.63, 3.8) is 0 Å². The molecule has 1 aromatic rings. The number of aliphatic hydroxyl groups is 1. The van der Waals surface area contributed by atoms with E-state index in [4.69, 9.17) is 4.74 Å². The summed E-state index contributed by atoms with van der Waals surface area (Å²) in [5, 5.41) is 9.95. The first-order chi connectivity index (χ1) is 7.66. The number of benzene rings is 1. The topological polar surface area (TPSA) is 29.5 Å². The second kappa shape index (κ2) is 4.88. The van der Waals surface area contributed by atoms with E-state index in [-0.39, 0.29) is 6.10 Å². The first-order valence-corrected chi connectivity index (χ1v) is 6.08. The normalized spacial score (nSPS) is 16.0. The zero-order chi connectivity index (χ0) is 11.5. The number of rotatable bonds is 4. The molecule has 0 saturated heterocycles. The third kappa shape index (κ3) is 2.56. The van der Waals surface area contributed by atoms with Gasteiger partial charge in [-0.25, -0.2) is 0 Å². The second-order valence-electron chi connectivity index (χ2n) is 4.99. The minimum absolute atomic E-state index is 0.254. The Bertz CT molecular complexity index is 358. The number of hydrogen-bond donors (Lipinski definition) is 1. The third-order valence-corrected chi connectivity index (χ3v) is 2.99. The van der Waals surface area contributed by atoms with Crippen molar-refractivity contribution in [3.8, 4) is 5.75 Å². The average Bonchev–Trinajstić information content (AvgIpc) is 2.65. The van der Waals surface area contributed by atoms with Gasteiger partial charge in [-0.1, -0.05) is 32.0 Å². The molecule has 1 unspecified atom stereocenters. The van der Waals surface area contributed by atoms with E-state index >= 15 is 0 Å². The van der Waals surface area contributed by atoms with Crippen LogP contribution in [0.5, 0.6) is 5.75 Å². The standard InChI is InChI=1S/C14H20O2/c1-10(2)8-13(15)9-12-5-3-4-11-6-7-16-14(11)12/h3-5,10,13,15H,6-9H2,1-2H3. The van der Waals surface area contributed by atoms with Gasteiger partial charge in [0.15, 0.2) is 0 Å². The SMILES string of the molecule is CC(C)CC(O)Cc1cccc2c1OCC2. The van der Waals surface area contributed by atoms with Crippen molar-refractivity contribution < 1.29 is 9.84 Å². The van der Waals surface area contributed by atoms with Gasteiger partial charge in [0.25, 0.3) is 0 Å². The van der Waals surface area contributed by atoms with Gasteiger partial charge in [-0.05, 0) is 23.5 Å². The van der Waals surface area contributed by atoms with E-state index in [0.717, 1.165) is 30.8 Å². The number of ether oxygens (including phenoxy) is 1. The van der Waals surface area contributed by atoms with Crippen LogP contribution in [0.1, 0.15) is 31.4 Å². The minimum atomic E-state index is -0.254. The summed E-state index contributed by atoms with van der Waals surface area (Å²) in [6.07, 6.45) is 2.31. The lowest BCUT2D eigenvalue weighted by Crippen LogP contribution is -2.13. The van der Waals surface area contributed by atoms with Gasteiger partial charge >= 0.3 is 0 Å². The average molecular weight is 220 g/mol. The summed E-state index contributed by atoms with van der Waals surface area (Å²) in [5.41, 5.74) is 2.44. The van der Waals surface area contributed by atoms with Crippen LogP contribution >= 0.6 is 0 Å². The molecule has 2 heteroatoms. The van der Waals surface area contributed by atoms with Crippen molar-refractivity contribution in [1.29, 1.82) is 0 Å². The Balaban J connectivity index is 2.07. The fourth-order valence-electron chi connectivity index (χ4n) is 2.33. The number of hydrogen-bond acceptors (Lipinski definition) is 2. The van der Waals surface area contributed by atoms with Crippen LogP contribution in [0, 0.1) is 5.92 Å². The lowest BCUT2D eigenvalue weighted by atomic mass is 9.98. The van der Waals surface area contributed by atoms with Gasteiger partial charge in [0.1, 0.15) is 5.75 Å². The summed E-state index contributed by atoms with van der Waals surface area (Å²) in [6.45, 7) is 5.05. The quantitative estimate of drug-likeness (QED) is 0.845. The Morgan fingerprint density at radius 2 is 2.19 bits per heavy atom. The van der Waals surface area contributed by atoms with Gasteiger partial charge in [-0.2, -0.15) is 0 Å². The van der Waals surface area contributed by atoms with Crippen LogP contribution in [0.3, 0.4) is 0 Å². The van der Waals surface area contributed by atoms with Crippen molar-refractivity contribution in [3.05, 3.63) is 29.3 Å². The molecule has 1 aliphatic heterocycles. The molecule has 1 heterocycles. The van der Waals surface area contributed by atoms with E-state index in [1.807, 2.05) is 0 Å². The molecule has 2 nitrogen and oxygen atoms in total. The van der Waals surface area contributed by atoms with Crippen molar-refractivity contribution in [2.75, 3.05) is 6.61 Å². The smallest absolute Gasteiger partial charge is 0.125 e. The lowest BCUT2D eigenvalue weighted by molar-refractivity contribution is 0.148. The van der Waals surface area contributed by atoms with Gasteiger partial charge in [-0.15, -0.1) is 0 Å². The molecule has 0 fully saturated rings. The van der Waals surface area contributed by atoms with E-state index in [1.54, 1.807) is 0 Å². The Hall–Kier alpha value is -1.02. The van der Waals surface area contributed by atoms with E-state index in [1.165, 1.54) is 5.56 Å². The van der Waals surface area contributed by atoms with Gasteiger partial charge < -0.3 is 9.84 Å². The van der Waals surface area contributed by atoms with Crippen molar-refractivity contribution in [1.82, 2.24) is 0 Å². The second-order valence-corrected chi connectivity index (χ2v) is 4.99. The maximum absolute atomic E-state index is 9.95. The highest BCUT2D eigenvalue weighted by molar-refractivity contribution is 5.44. The summed E-state index contributed by atoms with van der Waals surface area (Å²) in [6, 6.07) is 6.24. The molecule has 0 spiro atoms. The fraction of sp³-hybridized carbons (Fsp3) is 0.571. The molecule has 0 amide bonds. The Labute approximate surface area is 97.3 Å². The first-order valence-electron chi connectivity index (χ1n) is 6.08. The zero-order valence-electron chi connectivity index (χ0n) is 10.1.